The molecule has 7 aromatic rings. The van der Waals surface area contributed by atoms with Crippen molar-refractivity contribution in [2.24, 2.45) is 0 Å². The molecule has 7 aromatic carbocycles. The fraction of sp³-hybridized carbons (Fsp3) is 0.635. The van der Waals surface area contributed by atoms with Gasteiger partial charge in [-0.05, 0) is 293 Å². The zero-order chi connectivity index (χ0) is 87.9. The molecule has 7 rings (SSSR count). The monoisotopic (exact) mass is 1610 g/mol. The van der Waals surface area contributed by atoms with Gasteiger partial charge in [-0.25, -0.2) is 0 Å². The van der Waals surface area contributed by atoms with Gasteiger partial charge in [0.1, 0.15) is 17.2 Å². The van der Waals surface area contributed by atoms with E-state index in [0.29, 0.717) is 55.3 Å². The molecule has 0 aliphatic carbocycles. The molecule has 0 heterocycles. The first kappa shape index (κ1) is 104. The van der Waals surface area contributed by atoms with Crippen LogP contribution in [0.25, 0.3) is 33.4 Å². The minimum Gasteiger partial charge on any atom is -0.494 e. The highest BCUT2D eigenvalue weighted by atomic mass is 16.5. The maximum Gasteiger partial charge on any atom is 0.129 e. The molecule has 0 bridgehead atoms. The van der Waals surface area contributed by atoms with E-state index in [0.717, 1.165) is 35.7 Å². The third-order valence-electron chi connectivity index (χ3n) is 24.6. The van der Waals surface area contributed by atoms with Crippen molar-refractivity contribution in [1.29, 1.82) is 0 Å². The zero-order valence-electron chi connectivity index (χ0n) is 82.8. The van der Waals surface area contributed by atoms with Crippen molar-refractivity contribution in [2.75, 3.05) is 19.8 Å². The summed E-state index contributed by atoms with van der Waals surface area (Å²) in [5.74, 6) is 6.05. The molecule has 0 aliphatic rings. The Kier molecular flexibility index (Phi) is 47.5. The molecule has 3 heteroatoms. The van der Waals surface area contributed by atoms with Gasteiger partial charge >= 0.3 is 0 Å². The van der Waals surface area contributed by atoms with E-state index < -0.39 is 0 Å². The molecule has 0 spiro atoms. The van der Waals surface area contributed by atoms with Crippen molar-refractivity contribution in [3.8, 4) is 50.6 Å². The summed E-state index contributed by atoms with van der Waals surface area (Å²) in [6.07, 6.45) is 38.2. The molecule has 0 fully saturated rings. The van der Waals surface area contributed by atoms with Crippen LogP contribution in [0.4, 0.5) is 0 Å². The summed E-state index contributed by atoms with van der Waals surface area (Å²) >= 11 is 0. The van der Waals surface area contributed by atoms with E-state index in [1.165, 1.54) is 213 Å². The predicted octanol–water partition coefficient (Wildman–Crippen LogP) is 36.6. The number of benzene rings is 7. The van der Waals surface area contributed by atoms with Gasteiger partial charge in [0, 0.05) is 17.7 Å². The Balaban J connectivity index is 0.000000343. The normalized spacial score (nSPS) is 12.6. The van der Waals surface area contributed by atoms with Gasteiger partial charge in [-0.3, -0.25) is 0 Å². The van der Waals surface area contributed by atoms with Crippen LogP contribution in [-0.2, 0) is 54.8 Å². The highest BCUT2D eigenvalue weighted by Crippen LogP contribution is 2.53. The van der Waals surface area contributed by atoms with E-state index in [2.05, 4.69) is 278 Å². The van der Waals surface area contributed by atoms with E-state index in [1.807, 2.05) is 39.8 Å². The van der Waals surface area contributed by atoms with E-state index in [4.69, 9.17) is 14.2 Å². The first-order valence-corrected chi connectivity index (χ1v) is 49.1. The summed E-state index contributed by atoms with van der Waals surface area (Å²) in [5.41, 5.74) is 35.6. The van der Waals surface area contributed by atoms with E-state index in [-0.39, 0.29) is 16.2 Å². The Labute approximate surface area is 731 Å². The molecule has 0 radical (unpaired) electrons. The van der Waals surface area contributed by atoms with Gasteiger partial charge in [0.05, 0.1) is 19.8 Å². The SMILES string of the molecule is CCCCCc1c(-c2ccccc2)c(CCCCC)c(-c2ccccc2)c(C(C)CCC)c1-c1ccccc1.CCCCCc1c(C(C)(C)C)c(CCCCC)c(C(C)(C)C)c(C(C)CCC)c1C(C)(C)C.CCCCCc1c(C(C)C)c(CCCCC)c(C(C)C)c(C(C)CCC)c1C(C)C.CCOc1cc(OCC)c(C)c(OCC)c1. The molecule has 3 unspecified atom stereocenters. The Morgan fingerprint density at radius 1 is 0.263 bits per heavy atom. The van der Waals surface area contributed by atoms with Crippen molar-refractivity contribution >= 4 is 0 Å². The van der Waals surface area contributed by atoms with Crippen LogP contribution in [0.1, 0.15) is 486 Å². The average Bonchev–Trinajstić information content (AvgIpc) is 0.721. The second kappa shape index (κ2) is 53.8. The number of hydrogen-bond donors (Lipinski definition) is 0. The van der Waals surface area contributed by atoms with Gasteiger partial charge < -0.3 is 14.2 Å². The molecule has 0 aliphatic heterocycles. The molecule has 3 atom stereocenters. The van der Waals surface area contributed by atoms with Gasteiger partial charge in [0.15, 0.2) is 0 Å². The van der Waals surface area contributed by atoms with E-state index in [1.54, 1.807) is 83.5 Å². The summed E-state index contributed by atoms with van der Waals surface area (Å²) in [6.45, 7) is 75.3. The first-order chi connectivity index (χ1) is 56.3. The quantitative estimate of drug-likeness (QED) is 0.0356. The van der Waals surface area contributed by atoms with Crippen LogP contribution < -0.4 is 14.2 Å². The number of rotatable bonds is 45. The van der Waals surface area contributed by atoms with Crippen molar-refractivity contribution in [2.45, 2.75) is 459 Å². The topological polar surface area (TPSA) is 27.7 Å². The standard InChI is InChI=1S/C39H48.C33H60.C30H54.C13H20O3/c1-5-8-13-28-34-37(31-22-15-10-16-23-31)35(29-14-9-6-2)39(33-26-19-12-20-27-33)36(30(4)21-7-3)38(34)32-24-17-11-18-25-32;1-14-17-19-22-25-28(31(5,6)7)26(23-20-18-15-2)30(33(11,12)13)27(24(4)21-16-3)29(25)32(8,9)10;1-11-14-16-19-25-27(21(4)5)26(20-17-15-12-2)29(23(8)9)30(24(10)18-13-3)28(25)22(6)7;1-5-14-11-8-12(15-6-2)10(4)13(9-11)16-7-3/h10-12,15-20,22-27,30H,5-9,13-14,21,28-29H2,1-4H3;24H,14-23H2,1-13H3;21-24H,11-20H2,1-10H3;8-9H,5-7H2,1-4H3. The van der Waals surface area contributed by atoms with Crippen LogP contribution in [0.15, 0.2) is 103 Å². The highest BCUT2D eigenvalue weighted by molar-refractivity contribution is 5.93. The molecular formula is C115H182O3. The van der Waals surface area contributed by atoms with Crippen LogP contribution in [0.2, 0.25) is 0 Å². The average molecular weight is 1610 g/mol. The molecule has 118 heavy (non-hydrogen) atoms. The van der Waals surface area contributed by atoms with Gasteiger partial charge in [-0.2, -0.15) is 0 Å². The number of hydrogen-bond acceptors (Lipinski definition) is 3. The van der Waals surface area contributed by atoms with Gasteiger partial charge in [-0.1, -0.05) is 374 Å². The van der Waals surface area contributed by atoms with Crippen LogP contribution in [-0.4, -0.2) is 19.8 Å². The van der Waals surface area contributed by atoms with Crippen LogP contribution in [0.3, 0.4) is 0 Å². The molecule has 0 saturated carbocycles. The van der Waals surface area contributed by atoms with Crippen molar-refractivity contribution < 1.29 is 14.2 Å². The summed E-state index contributed by atoms with van der Waals surface area (Å²) in [5, 5.41) is 0. The maximum absolute atomic E-state index is 5.55. The lowest BCUT2D eigenvalue weighted by atomic mass is 9.63. The van der Waals surface area contributed by atoms with Gasteiger partial charge in [0.25, 0.3) is 0 Å². The Morgan fingerprint density at radius 2 is 0.534 bits per heavy atom. The van der Waals surface area contributed by atoms with Crippen LogP contribution in [0, 0.1) is 6.92 Å². The third kappa shape index (κ3) is 30.2. The number of ether oxygens (including phenoxy) is 3. The fourth-order valence-electron chi connectivity index (χ4n) is 19.8. The fourth-order valence-corrected chi connectivity index (χ4v) is 19.8. The first-order valence-electron chi connectivity index (χ1n) is 49.1. The smallest absolute Gasteiger partial charge is 0.129 e. The Hall–Kier alpha value is -6.06. The van der Waals surface area contributed by atoms with Gasteiger partial charge in [0.2, 0.25) is 0 Å². The molecule has 0 amide bonds. The van der Waals surface area contributed by atoms with Crippen molar-refractivity contribution in [1.82, 2.24) is 0 Å². The summed E-state index contributed by atoms with van der Waals surface area (Å²) in [6, 6.07) is 37.7. The number of unbranched alkanes of at least 4 members (excludes halogenated alkanes) is 12. The third-order valence-corrected chi connectivity index (χ3v) is 24.6. The van der Waals surface area contributed by atoms with Crippen LogP contribution in [0.5, 0.6) is 17.2 Å². The maximum atomic E-state index is 5.55. The zero-order valence-corrected chi connectivity index (χ0v) is 82.8. The van der Waals surface area contributed by atoms with Gasteiger partial charge in [-0.15, -0.1) is 0 Å². The lowest BCUT2D eigenvalue weighted by Gasteiger charge is -2.41. The van der Waals surface area contributed by atoms with E-state index >= 15 is 0 Å². The van der Waals surface area contributed by atoms with Crippen molar-refractivity contribution in [3.63, 3.8) is 0 Å². The molecule has 660 valence electrons. The predicted molar refractivity (Wildman–Crippen MR) is 528 cm³/mol. The van der Waals surface area contributed by atoms with E-state index in [9.17, 15) is 0 Å². The second-order valence-corrected chi connectivity index (χ2v) is 39.1. The summed E-state index contributed by atoms with van der Waals surface area (Å²) in [7, 11) is 0. The minimum atomic E-state index is 0.154. The lowest BCUT2D eigenvalue weighted by Crippen LogP contribution is -2.31. The lowest BCUT2D eigenvalue weighted by molar-refractivity contribution is 0.304. The summed E-state index contributed by atoms with van der Waals surface area (Å²) < 4.78 is 16.6. The Bertz CT molecular complexity index is 3740. The molecule has 0 aromatic heterocycles. The highest BCUT2D eigenvalue weighted by Gasteiger charge is 2.39. The molecular weight excluding hydrogens is 1430 g/mol. The Morgan fingerprint density at radius 3 is 0.805 bits per heavy atom. The second-order valence-electron chi connectivity index (χ2n) is 39.1. The summed E-state index contributed by atoms with van der Waals surface area (Å²) in [4.78, 5) is 0. The molecule has 0 saturated heterocycles. The van der Waals surface area contributed by atoms with Crippen molar-refractivity contribution in [3.05, 3.63) is 192 Å². The molecule has 0 N–H and O–H groups in total. The largest absolute Gasteiger partial charge is 0.494 e. The van der Waals surface area contributed by atoms with Crippen LogP contribution >= 0.6 is 0 Å². The molecule has 3 nitrogen and oxygen atoms in total. The minimum absolute atomic E-state index is 0.154.